The van der Waals surface area contributed by atoms with E-state index >= 15 is 0 Å². The van der Waals surface area contributed by atoms with Gasteiger partial charge in [-0.05, 0) is 32.9 Å². The lowest BCUT2D eigenvalue weighted by Crippen LogP contribution is -2.41. The zero-order valence-electron chi connectivity index (χ0n) is 19.3. The molecular weight excluding hydrogens is 404 g/mol. The van der Waals surface area contributed by atoms with Crippen molar-refractivity contribution >= 4 is 12.0 Å². The number of rotatable bonds is 6. The lowest BCUT2D eigenvalue weighted by atomic mass is 10.1. The van der Waals surface area contributed by atoms with Gasteiger partial charge in [0.05, 0.1) is 11.4 Å². The van der Waals surface area contributed by atoms with Gasteiger partial charge in [0.1, 0.15) is 12.1 Å². The number of benzene rings is 2. The first-order valence-corrected chi connectivity index (χ1v) is 10.5. The van der Waals surface area contributed by atoms with E-state index in [9.17, 15) is 9.59 Å². The summed E-state index contributed by atoms with van der Waals surface area (Å²) in [6.07, 6.45) is 1.42. The van der Waals surface area contributed by atoms with Gasteiger partial charge in [0.2, 0.25) is 5.91 Å². The van der Waals surface area contributed by atoms with Crippen LogP contribution in [-0.4, -0.2) is 57.8 Å². The first-order valence-electron chi connectivity index (χ1n) is 10.5. The largest absolute Gasteiger partial charge is 0.444 e. The van der Waals surface area contributed by atoms with Gasteiger partial charge in [0, 0.05) is 38.0 Å². The summed E-state index contributed by atoms with van der Waals surface area (Å²) in [5.74, 6) is -0.190. The summed E-state index contributed by atoms with van der Waals surface area (Å²) in [4.78, 5) is 27.9. The quantitative estimate of drug-likeness (QED) is 0.578. The third kappa shape index (κ3) is 5.97. The Bertz CT molecular complexity index is 1060. The molecule has 32 heavy (non-hydrogen) atoms. The van der Waals surface area contributed by atoms with Crippen molar-refractivity contribution in [2.45, 2.75) is 32.9 Å². The fraction of sp³-hybridized carbons (Fsp3) is 0.320. The minimum atomic E-state index is -0.614. The van der Waals surface area contributed by atoms with Gasteiger partial charge in [-0.15, -0.1) is 0 Å². The molecule has 1 heterocycles. The maximum Gasteiger partial charge on any atom is 0.410 e. The zero-order valence-corrected chi connectivity index (χ0v) is 19.3. The molecule has 1 aromatic heterocycles. The first kappa shape index (κ1) is 23.1. The van der Waals surface area contributed by atoms with Crippen molar-refractivity contribution in [3.05, 3.63) is 72.4 Å². The molecule has 0 unspecified atom stereocenters. The molecule has 7 heteroatoms. The number of hydrogen-bond acceptors (Lipinski definition) is 4. The van der Waals surface area contributed by atoms with Crippen LogP contribution in [0.5, 0.6) is 0 Å². The summed E-state index contributed by atoms with van der Waals surface area (Å²) >= 11 is 0. The van der Waals surface area contributed by atoms with Gasteiger partial charge in [-0.2, -0.15) is 5.10 Å². The Labute approximate surface area is 189 Å². The highest BCUT2D eigenvalue weighted by Gasteiger charge is 2.23. The molecule has 0 aliphatic carbocycles. The maximum atomic E-state index is 12.8. The topological polar surface area (TPSA) is 67.7 Å². The number of para-hydroxylation sites is 1. The van der Waals surface area contributed by atoms with Crippen molar-refractivity contribution in [1.29, 1.82) is 0 Å². The number of nitrogens with zero attached hydrogens (tertiary/aromatic N) is 4. The van der Waals surface area contributed by atoms with Gasteiger partial charge >= 0.3 is 6.09 Å². The van der Waals surface area contributed by atoms with E-state index < -0.39 is 11.7 Å². The van der Waals surface area contributed by atoms with Gasteiger partial charge in [-0.1, -0.05) is 48.5 Å². The van der Waals surface area contributed by atoms with E-state index in [1.54, 1.807) is 39.8 Å². The molecule has 0 aliphatic heterocycles. The molecule has 0 N–H and O–H groups in total. The molecule has 0 spiro atoms. The second-order valence-corrected chi connectivity index (χ2v) is 8.74. The van der Waals surface area contributed by atoms with Crippen LogP contribution >= 0.6 is 0 Å². The van der Waals surface area contributed by atoms with E-state index in [-0.39, 0.29) is 12.5 Å². The monoisotopic (exact) mass is 434 g/mol. The van der Waals surface area contributed by atoms with Gasteiger partial charge < -0.3 is 14.5 Å². The Morgan fingerprint density at radius 3 is 2.12 bits per heavy atom. The van der Waals surface area contributed by atoms with Crippen LogP contribution in [0.15, 0.2) is 66.9 Å². The normalized spacial score (nSPS) is 11.2. The van der Waals surface area contributed by atoms with Crippen molar-refractivity contribution in [3.63, 3.8) is 0 Å². The van der Waals surface area contributed by atoms with Crippen LogP contribution in [-0.2, 0) is 16.1 Å². The highest BCUT2D eigenvalue weighted by molar-refractivity contribution is 5.82. The Hall–Kier alpha value is -3.61. The average Bonchev–Trinajstić information content (AvgIpc) is 3.17. The van der Waals surface area contributed by atoms with Gasteiger partial charge in [0.25, 0.3) is 0 Å². The molecule has 0 saturated heterocycles. The van der Waals surface area contributed by atoms with Crippen LogP contribution < -0.4 is 0 Å². The van der Waals surface area contributed by atoms with Crippen LogP contribution in [0.4, 0.5) is 4.79 Å². The molecule has 2 aromatic carbocycles. The predicted molar refractivity (Wildman–Crippen MR) is 124 cm³/mol. The summed E-state index contributed by atoms with van der Waals surface area (Å²) in [6, 6.07) is 19.7. The molecule has 3 rings (SSSR count). The summed E-state index contributed by atoms with van der Waals surface area (Å²) < 4.78 is 7.15. The van der Waals surface area contributed by atoms with E-state index in [1.807, 2.05) is 71.5 Å². The molecule has 0 atom stereocenters. The highest BCUT2D eigenvalue weighted by atomic mass is 16.6. The summed E-state index contributed by atoms with van der Waals surface area (Å²) in [5, 5.41) is 4.79. The molecule has 3 aromatic rings. The highest BCUT2D eigenvalue weighted by Crippen LogP contribution is 2.24. The smallest absolute Gasteiger partial charge is 0.410 e. The Kier molecular flexibility index (Phi) is 6.98. The number of carbonyl (C=O) groups excluding carboxylic acids is 2. The van der Waals surface area contributed by atoms with Crippen LogP contribution in [0.25, 0.3) is 16.9 Å². The third-order valence-corrected chi connectivity index (χ3v) is 4.77. The van der Waals surface area contributed by atoms with E-state index in [1.165, 1.54) is 4.90 Å². The minimum absolute atomic E-state index is 0.0705. The lowest BCUT2D eigenvalue weighted by Gasteiger charge is -2.26. The Balaban J connectivity index is 1.79. The third-order valence-electron chi connectivity index (χ3n) is 4.77. The number of hydrogen-bond donors (Lipinski definition) is 0. The molecule has 0 bridgehead atoms. The number of carbonyl (C=O) groups is 2. The fourth-order valence-electron chi connectivity index (χ4n) is 3.15. The number of amides is 2. The predicted octanol–water partition coefficient (Wildman–Crippen LogP) is 4.36. The summed E-state index contributed by atoms with van der Waals surface area (Å²) in [5.41, 5.74) is 3.03. The summed E-state index contributed by atoms with van der Waals surface area (Å²) in [6.45, 7) is 5.67. The van der Waals surface area contributed by atoms with Crippen LogP contribution in [0, 0.1) is 0 Å². The molecule has 0 radical (unpaired) electrons. The SMILES string of the molecule is CN(Cc1cn(-c2ccccc2)nc1-c1ccccc1)C(=O)CN(C)C(=O)OC(C)(C)C. The van der Waals surface area contributed by atoms with Crippen LogP contribution in [0.1, 0.15) is 26.3 Å². The van der Waals surface area contributed by atoms with Crippen LogP contribution in [0.3, 0.4) is 0 Å². The molecular formula is C25H30N4O3. The second kappa shape index (κ2) is 9.68. The first-order chi connectivity index (χ1) is 15.1. The van der Waals surface area contributed by atoms with Crippen LogP contribution in [0.2, 0.25) is 0 Å². The minimum Gasteiger partial charge on any atom is -0.444 e. The molecule has 168 valence electrons. The number of ether oxygens (including phenoxy) is 1. The number of aromatic nitrogens is 2. The Morgan fingerprint density at radius 2 is 1.53 bits per heavy atom. The second-order valence-electron chi connectivity index (χ2n) is 8.74. The van der Waals surface area contributed by atoms with Crippen molar-refractivity contribution in [1.82, 2.24) is 19.6 Å². The molecule has 0 saturated carbocycles. The zero-order chi connectivity index (χ0) is 23.3. The van der Waals surface area contributed by atoms with Crippen molar-refractivity contribution in [3.8, 4) is 16.9 Å². The van der Waals surface area contributed by atoms with Crippen molar-refractivity contribution in [2.75, 3.05) is 20.6 Å². The van der Waals surface area contributed by atoms with E-state index in [0.29, 0.717) is 6.54 Å². The fourth-order valence-corrected chi connectivity index (χ4v) is 3.15. The van der Waals surface area contributed by atoms with Gasteiger partial charge in [-0.3, -0.25) is 4.79 Å². The van der Waals surface area contributed by atoms with E-state index in [4.69, 9.17) is 9.84 Å². The van der Waals surface area contributed by atoms with Gasteiger partial charge in [-0.25, -0.2) is 9.48 Å². The molecule has 7 nitrogen and oxygen atoms in total. The molecule has 0 aliphatic rings. The molecule has 2 amide bonds. The van der Waals surface area contributed by atoms with E-state index in [2.05, 4.69) is 0 Å². The van der Waals surface area contributed by atoms with E-state index in [0.717, 1.165) is 22.5 Å². The van der Waals surface area contributed by atoms with Crippen molar-refractivity contribution < 1.29 is 14.3 Å². The van der Waals surface area contributed by atoms with Crippen molar-refractivity contribution in [2.24, 2.45) is 0 Å². The standard InChI is InChI=1S/C25H30N4O3/c1-25(2,3)32-24(31)28(5)18-22(30)27(4)16-20-17-29(21-14-10-7-11-15-21)26-23(20)19-12-8-6-9-13-19/h6-15,17H,16,18H2,1-5H3. The van der Waals surface area contributed by atoms with Gasteiger partial charge in [0.15, 0.2) is 0 Å². The average molecular weight is 435 g/mol. The number of likely N-dealkylation sites (N-methyl/N-ethyl adjacent to an activating group) is 2. The summed E-state index contributed by atoms with van der Waals surface area (Å²) in [7, 11) is 3.28. The molecule has 0 fully saturated rings. The Morgan fingerprint density at radius 1 is 0.938 bits per heavy atom. The maximum absolute atomic E-state index is 12.8. The lowest BCUT2D eigenvalue weighted by molar-refractivity contribution is -0.131.